The third-order valence-electron chi connectivity index (χ3n) is 3.11. The van der Waals surface area contributed by atoms with Crippen molar-refractivity contribution in [2.75, 3.05) is 0 Å². The van der Waals surface area contributed by atoms with Crippen molar-refractivity contribution < 1.29 is 14.4 Å². The van der Waals surface area contributed by atoms with Crippen molar-refractivity contribution in [2.24, 2.45) is 4.99 Å². The quantitative estimate of drug-likeness (QED) is 0.449. The molecule has 0 unspecified atom stereocenters. The van der Waals surface area contributed by atoms with E-state index < -0.39 is 4.92 Å². The van der Waals surface area contributed by atoms with E-state index in [1.807, 2.05) is 24.3 Å². The summed E-state index contributed by atoms with van der Waals surface area (Å²) in [6, 6.07) is 11.1. The van der Waals surface area contributed by atoms with E-state index in [0.29, 0.717) is 5.89 Å². The Morgan fingerprint density at radius 3 is 2.61 bits per heavy atom. The van der Waals surface area contributed by atoms with Gasteiger partial charge in [-0.1, -0.05) is 12.1 Å². The summed E-state index contributed by atoms with van der Waals surface area (Å²) in [5.74, 6) is 0.286. The van der Waals surface area contributed by atoms with E-state index in [1.54, 1.807) is 12.4 Å². The Kier molecular flexibility index (Phi) is 3.84. The van der Waals surface area contributed by atoms with Crippen LogP contribution in [0.25, 0.3) is 11.5 Å². The average Bonchev–Trinajstić information content (AvgIpc) is 3.08. The van der Waals surface area contributed by atoms with Gasteiger partial charge in [0.1, 0.15) is 17.7 Å². The lowest BCUT2D eigenvalue weighted by atomic mass is 10.1. The summed E-state index contributed by atoms with van der Waals surface area (Å²) in [4.78, 5) is 18.2. The topological polar surface area (TPSA) is 102 Å². The van der Waals surface area contributed by atoms with Gasteiger partial charge in [0.2, 0.25) is 5.89 Å². The predicted octanol–water partition coefficient (Wildman–Crippen LogP) is 3.71. The number of aromatic hydroxyl groups is 1. The van der Waals surface area contributed by atoms with Gasteiger partial charge in [-0.05, 0) is 23.8 Å². The largest absolute Gasteiger partial charge is 0.505 e. The van der Waals surface area contributed by atoms with Gasteiger partial charge in [0.25, 0.3) is 5.69 Å². The van der Waals surface area contributed by atoms with Crippen molar-refractivity contribution in [3.8, 4) is 17.2 Å². The highest BCUT2D eigenvalue weighted by Crippen LogP contribution is 2.30. The van der Waals surface area contributed by atoms with Crippen LogP contribution in [0.3, 0.4) is 0 Å². The highest BCUT2D eigenvalue weighted by Gasteiger charge is 2.09. The maximum atomic E-state index is 10.6. The number of oxazole rings is 1. The molecule has 0 radical (unpaired) electrons. The van der Waals surface area contributed by atoms with Gasteiger partial charge in [0.05, 0.1) is 17.2 Å². The van der Waals surface area contributed by atoms with Crippen LogP contribution in [-0.2, 0) is 0 Å². The molecule has 0 saturated carbocycles. The second kappa shape index (κ2) is 6.10. The fourth-order valence-electron chi connectivity index (χ4n) is 1.96. The van der Waals surface area contributed by atoms with E-state index in [2.05, 4.69) is 9.98 Å². The molecule has 3 aromatic rings. The molecule has 0 fully saturated rings. The zero-order valence-corrected chi connectivity index (χ0v) is 11.8. The summed E-state index contributed by atoms with van der Waals surface area (Å²) in [5, 5.41) is 20.4. The molecule has 0 amide bonds. The summed E-state index contributed by atoms with van der Waals surface area (Å²) < 4.78 is 5.20. The van der Waals surface area contributed by atoms with Crippen LogP contribution in [0, 0.1) is 10.1 Å². The van der Waals surface area contributed by atoms with E-state index in [0.717, 1.165) is 17.2 Å². The lowest BCUT2D eigenvalue weighted by molar-refractivity contribution is -0.384. The molecule has 0 bridgehead atoms. The highest BCUT2D eigenvalue weighted by atomic mass is 16.6. The molecule has 7 heteroatoms. The minimum Gasteiger partial charge on any atom is -0.505 e. The van der Waals surface area contributed by atoms with Crippen LogP contribution in [0.15, 0.2) is 64.3 Å². The molecule has 114 valence electrons. The molecule has 3 rings (SSSR count). The molecule has 0 spiro atoms. The van der Waals surface area contributed by atoms with Crippen LogP contribution >= 0.6 is 0 Å². The van der Waals surface area contributed by atoms with Crippen LogP contribution < -0.4 is 0 Å². The van der Waals surface area contributed by atoms with E-state index >= 15 is 0 Å². The lowest BCUT2D eigenvalue weighted by Crippen LogP contribution is -1.87. The first-order valence-electron chi connectivity index (χ1n) is 6.65. The van der Waals surface area contributed by atoms with Crippen molar-refractivity contribution >= 4 is 17.6 Å². The molecule has 0 aliphatic carbocycles. The second-order valence-electron chi connectivity index (χ2n) is 4.65. The number of hydrogen-bond acceptors (Lipinski definition) is 6. The Morgan fingerprint density at radius 1 is 1.22 bits per heavy atom. The summed E-state index contributed by atoms with van der Waals surface area (Å²) >= 11 is 0. The van der Waals surface area contributed by atoms with Gasteiger partial charge in [-0.2, -0.15) is 0 Å². The summed E-state index contributed by atoms with van der Waals surface area (Å²) in [7, 11) is 0. The van der Waals surface area contributed by atoms with Gasteiger partial charge in [-0.3, -0.25) is 15.1 Å². The molecule has 23 heavy (non-hydrogen) atoms. The van der Waals surface area contributed by atoms with Gasteiger partial charge < -0.3 is 9.52 Å². The number of rotatable bonds is 4. The van der Waals surface area contributed by atoms with Gasteiger partial charge in [0.15, 0.2) is 0 Å². The molecule has 1 aromatic heterocycles. The molecular weight excluding hydrogens is 298 g/mol. The minimum atomic E-state index is -0.575. The predicted molar refractivity (Wildman–Crippen MR) is 84.0 cm³/mol. The van der Waals surface area contributed by atoms with Gasteiger partial charge >= 0.3 is 0 Å². The van der Waals surface area contributed by atoms with E-state index in [1.165, 1.54) is 18.4 Å². The van der Waals surface area contributed by atoms with Crippen molar-refractivity contribution in [3.05, 3.63) is 70.6 Å². The maximum Gasteiger partial charge on any atom is 0.273 e. The number of hydrogen-bond donors (Lipinski definition) is 1. The Balaban J connectivity index is 1.79. The Hall–Kier alpha value is -3.48. The first-order valence-corrected chi connectivity index (χ1v) is 6.65. The Labute approximate surface area is 130 Å². The fourth-order valence-corrected chi connectivity index (χ4v) is 1.96. The lowest BCUT2D eigenvalue weighted by Gasteiger charge is -1.99. The second-order valence-corrected chi connectivity index (χ2v) is 4.65. The molecule has 2 aromatic carbocycles. The molecule has 7 nitrogen and oxygen atoms in total. The maximum absolute atomic E-state index is 10.6. The van der Waals surface area contributed by atoms with E-state index in [4.69, 9.17) is 4.42 Å². The number of aliphatic imine (C=N–C) groups is 1. The molecule has 1 N–H and O–H groups in total. The molecule has 0 saturated heterocycles. The molecule has 1 heterocycles. The van der Waals surface area contributed by atoms with Crippen LogP contribution in [0.4, 0.5) is 11.4 Å². The van der Waals surface area contributed by atoms with Crippen molar-refractivity contribution in [3.63, 3.8) is 0 Å². The van der Waals surface area contributed by atoms with Gasteiger partial charge in [-0.15, -0.1) is 0 Å². The number of phenols is 1. The highest BCUT2D eigenvalue weighted by molar-refractivity contribution is 5.83. The SMILES string of the molecule is O=[N+]([O-])c1ccc(N=Cc2ccc(-c3ncco3)cc2)c(O)c1. The molecule has 0 aliphatic heterocycles. The normalized spacial score (nSPS) is 11.0. The van der Waals surface area contributed by atoms with Crippen LogP contribution in [0.5, 0.6) is 5.75 Å². The zero-order valence-electron chi connectivity index (χ0n) is 11.8. The van der Waals surface area contributed by atoms with E-state index in [-0.39, 0.29) is 17.1 Å². The smallest absolute Gasteiger partial charge is 0.273 e. The zero-order chi connectivity index (χ0) is 16.2. The number of nitro benzene ring substituents is 1. The molecular formula is C16H11N3O4. The third kappa shape index (κ3) is 3.24. The molecule has 0 aliphatic rings. The number of nitro groups is 1. The Bertz CT molecular complexity index is 856. The third-order valence-corrected chi connectivity index (χ3v) is 3.11. The average molecular weight is 309 g/mol. The first-order chi connectivity index (χ1) is 11.1. The fraction of sp³-hybridized carbons (Fsp3) is 0. The summed E-state index contributed by atoms with van der Waals surface area (Å²) in [6.45, 7) is 0. The Morgan fingerprint density at radius 2 is 2.00 bits per heavy atom. The summed E-state index contributed by atoms with van der Waals surface area (Å²) in [6.07, 6.45) is 4.63. The minimum absolute atomic E-state index is 0.184. The van der Waals surface area contributed by atoms with Gasteiger partial charge in [0, 0.05) is 17.8 Å². The van der Waals surface area contributed by atoms with Crippen LogP contribution in [0.2, 0.25) is 0 Å². The molecule has 0 atom stereocenters. The van der Waals surface area contributed by atoms with Crippen LogP contribution in [-0.4, -0.2) is 21.2 Å². The first kappa shape index (κ1) is 14.5. The standard InChI is InChI=1S/C16H11N3O4/c20-15-9-13(19(21)22)5-6-14(15)18-10-11-1-3-12(4-2-11)16-17-7-8-23-16/h1-10,20H. The summed E-state index contributed by atoms with van der Waals surface area (Å²) in [5.41, 5.74) is 1.72. The number of aromatic nitrogens is 1. The number of benzene rings is 2. The van der Waals surface area contributed by atoms with Crippen molar-refractivity contribution in [1.29, 1.82) is 0 Å². The van der Waals surface area contributed by atoms with Crippen molar-refractivity contribution in [1.82, 2.24) is 4.98 Å². The number of phenolic OH excluding ortho intramolecular Hbond substituents is 1. The number of non-ortho nitro benzene ring substituents is 1. The van der Waals surface area contributed by atoms with Gasteiger partial charge in [-0.25, -0.2) is 4.98 Å². The monoisotopic (exact) mass is 309 g/mol. The van der Waals surface area contributed by atoms with E-state index in [9.17, 15) is 15.2 Å². The van der Waals surface area contributed by atoms with Crippen molar-refractivity contribution in [2.45, 2.75) is 0 Å². The van der Waals surface area contributed by atoms with Crippen LogP contribution in [0.1, 0.15) is 5.56 Å². The number of nitrogens with zero attached hydrogens (tertiary/aromatic N) is 3.